The number of hydrogen-bond acceptors (Lipinski definition) is 5. The molecular weight excluding hydrogens is 264 g/mol. The number of aromatic hydroxyl groups is 1. The van der Waals surface area contributed by atoms with Crippen LogP contribution in [0.3, 0.4) is 0 Å². The fourth-order valence-electron chi connectivity index (χ4n) is 1.56. The minimum absolute atomic E-state index is 0.00960. The maximum absolute atomic E-state index is 11.8. The zero-order valence-corrected chi connectivity index (χ0v) is 10.6. The van der Waals surface area contributed by atoms with Gasteiger partial charge in [-0.1, -0.05) is 0 Å². The molecule has 2 aromatic rings. The van der Waals surface area contributed by atoms with Crippen LogP contribution in [-0.2, 0) is 18.4 Å². The van der Waals surface area contributed by atoms with Gasteiger partial charge in [-0.3, -0.25) is 18.7 Å². The molecule has 20 heavy (non-hydrogen) atoms. The highest BCUT2D eigenvalue weighted by molar-refractivity contribution is 5.90. The van der Waals surface area contributed by atoms with Gasteiger partial charge in [-0.2, -0.15) is 0 Å². The highest BCUT2D eigenvalue weighted by Gasteiger charge is 2.09. The number of anilines is 1. The van der Waals surface area contributed by atoms with Gasteiger partial charge < -0.3 is 10.4 Å². The molecule has 0 saturated heterocycles. The van der Waals surface area contributed by atoms with Crippen LogP contribution in [0.4, 0.5) is 5.82 Å². The van der Waals surface area contributed by atoms with E-state index in [2.05, 4.69) is 10.3 Å². The van der Waals surface area contributed by atoms with E-state index in [4.69, 9.17) is 0 Å². The summed E-state index contributed by atoms with van der Waals surface area (Å²) in [6.45, 7) is -0.289. The average molecular weight is 276 g/mol. The van der Waals surface area contributed by atoms with Crippen molar-refractivity contribution in [3.63, 3.8) is 0 Å². The van der Waals surface area contributed by atoms with Gasteiger partial charge >= 0.3 is 5.69 Å². The van der Waals surface area contributed by atoms with Crippen LogP contribution >= 0.6 is 0 Å². The molecule has 0 saturated carbocycles. The average Bonchev–Trinajstić information content (AvgIpc) is 2.42. The quantitative estimate of drug-likeness (QED) is 0.770. The van der Waals surface area contributed by atoms with E-state index < -0.39 is 17.2 Å². The fraction of sp³-hybridized carbons (Fsp3) is 0.167. The van der Waals surface area contributed by atoms with Crippen LogP contribution in [0.25, 0.3) is 0 Å². The predicted octanol–water partition coefficient (Wildman–Crippen LogP) is -0.714. The van der Waals surface area contributed by atoms with Gasteiger partial charge in [0.2, 0.25) is 5.91 Å². The first-order valence-electron chi connectivity index (χ1n) is 5.69. The molecule has 2 heterocycles. The first kappa shape index (κ1) is 13.5. The van der Waals surface area contributed by atoms with Gasteiger partial charge in [-0.05, 0) is 12.1 Å². The summed E-state index contributed by atoms with van der Waals surface area (Å²) in [7, 11) is 1.32. The SMILES string of the molecule is Cn1c(=O)ccn(CC(=O)Nc2ncccc2O)c1=O. The lowest BCUT2D eigenvalue weighted by Crippen LogP contribution is -2.39. The fourth-order valence-corrected chi connectivity index (χ4v) is 1.56. The number of hydrogen-bond donors (Lipinski definition) is 2. The zero-order chi connectivity index (χ0) is 14.7. The van der Waals surface area contributed by atoms with Crippen molar-refractivity contribution in [2.45, 2.75) is 6.54 Å². The Bertz CT molecular complexity index is 763. The summed E-state index contributed by atoms with van der Waals surface area (Å²) in [4.78, 5) is 38.5. The van der Waals surface area contributed by atoms with E-state index in [9.17, 15) is 19.5 Å². The standard InChI is InChI=1S/C12H12N4O4/c1-15-10(19)4-6-16(12(15)20)7-9(18)14-11-8(17)3-2-5-13-11/h2-6,17H,7H2,1H3,(H,13,14,18). The predicted molar refractivity (Wildman–Crippen MR) is 70.5 cm³/mol. The van der Waals surface area contributed by atoms with Crippen LogP contribution in [0.15, 0.2) is 40.2 Å². The van der Waals surface area contributed by atoms with Crippen molar-refractivity contribution in [1.82, 2.24) is 14.1 Å². The molecule has 0 aromatic carbocycles. The van der Waals surface area contributed by atoms with Crippen molar-refractivity contribution in [3.8, 4) is 5.75 Å². The highest BCUT2D eigenvalue weighted by atomic mass is 16.3. The van der Waals surface area contributed by atoms with Crippen molar-refractivity contribution in [2.24, 2.45) is 7.05 Å². The molecule has 2 N–H and O–H groups in total. The summed E-state index contributed by atoms with van der Waals surface area (Å²) in [6.07, 6.45) is 2.65. The van der Waals surface area contributed by atoms with E-state index in [-0.39, 0.29) is 18.1 Å². The first-order valence-corrected chi connectivity index (χ1v) is 5.69. The molecule has 0 aliphatic rings. The molecule has 0 spiro atoms. The Morgan fingerprint density at radius 1 is 1.40 bits per heavy atom. The normalized spacial score (nSPS) is 10.2. The monoisotopic (exact) mass is 276 g/mol. The molecule has 0 radical (unpaired) electrons. The lowest BCUT2D eigenvalue weighted by atomic mass is 10.4. The van der Waals surface area contributed by atoms with Gasteiger partial charge in [-0.25, -0.2) is 9.78 Å². The molecule has 104 valence electrons. The van der Waals surface area contributed by atoms with E-state index in [0.29, 0.717) is 0 Å². The molecule has 8 heteroatoms. The van der Waals surface area contributed by atoms with E-state index in [1.54, 1.807) is 0 Å². The van der Waals surface area contributed by atoms with Gasteiger partial charge in [0.25, 0.3) is 5.56 Å². The Morgan fingerprint density at radius 3 is 2.85 bits per heavy atom. The smallest absolute Gasteiger partial charge is 0.331 e. The zero-order valence-electron chi connectivity index (χ0n) is 10.6. The Labute approximate surface area is 112 Å². The Kier molecular flexibility index (Phi) is 3.65. The van der Waals surface area contributed by atoms with Gasteiger partial charge in [0.1, 0.15) is 6.54 Å². The maximum atomic E-state index is 11.8. The number of carbonyl (C=O) groups excluding carboxylic acids is 1. The third kappa shape index (κ3) is 2.74. The minimum atomic E-state index is -0.599. The van der Waals surface area contributed by atoms with Crippen LogP contribution in [0.5, 0.6) is 5.75 Å². The third-order valence-electron chi connectivity index (χ3n) is 2.62. The Hall–Kier alpha value is -2.90. The molecule has 0 aliphatic heterocycles. The van der Waals surface area contributed by atoms with Crippen LogP contribution < -0.4 is 16.6 Å². The lowest BCUT2D eigenvalue weighted by molar-refractivity contribution is -0.116. The third-order valence-corrected chi connectivity index (χ3v) is 2.62. The molecule has 0 unspecified atom stereocenters. The number of pyridine rings is 1. The van der Waals surface area contributed by atoms with Crippen LogP contribution in [0.1, 0.15) is 0 Å². The summed E-state index contributed by atoms with van der Waals surface area (Å²) in [5.74, 6) is -0.705. The molecule has 2 aromatic heterocycles. The topological polar surface area (TPSA) is 106 Å². The van der Waals surface area contributed by atoms with E-state index in [0.717, 1.165) is 9.13 Å². The number of carbonyl (C=O) groups is 1. The van der Waals surface area contributed by atoms with Gasteiger partial charge in [-0.15, -0.1) is 0 Å². The van der Waals surface area contributed by atoms with Crippen LogP contribution in [0.2, 0.25) is 0 Å². The molecular formula is C12H12N4O4. The Balaban J connectivity index is 2.17. The Morgan fingerprint density at radius 2 is 2.15 bits per heavy atom. The lowest BCUT2D eigenvalue weighted by Gasteiger charge is -2.08. The number of amides is 1. The number of rotatable bonds is 3. The number of nitrogens with one attached hydrogen (secondary N) is 1. The summed E-state index contributed by atoms with van der Waals surface area (Å²) < 4.78 is 1.97. The molecule has 8 nitrogen and oxygen atoms in total. The molecule has 1 amide bonds. The second-order valence-corrected chi connectivity index (χ2v) is 4.04. The molecule has 0 bridgehead atoms. The summed E-state index contributed by atoms with van der Waals surface area (Å²) >= 11 is 0. The second kappa shape index (κ2) is 5.39. The van der Waals surface area contributed by atoms with Crippen molar-refractivity contribution in [2.75, 3.05) is 5.32 Å². The van der Waals surface area contributed by atoms with E-state index >= 15 is 0 Å². The van der Waals surface area contributed by atoms with Crippen LogP contribution in [0, 0.1) is 0 Å². The van der Waals surface area contributed by atoms with Crippen molar-refractivity contribution in [1.29, 1.82) is 0 Å². The van der Waals surface area contributed by atoms with Gasteiger partial charge in [0, 0.05) is 25.5 Å². The molecule has 0 aliphatic carbocycles. The minimum Gasteiger partial charge on any atom is -0.504 e. The number of aromatic nitrogens is 3. The summed E-state index contributed by atoms with van der Waals surface area (Å²) in [5.41, 5.74) is -1.05. The second-order valence-electron chi connectivity index (χ2n) is 4.04. The molecule has 0 fully saturated rings. The van der Waals surface area contributed by atoms with Crippen LogP contribution in [-0.4, -0.2) is 25.1 Å². The summed E-state index contributed by atoms with van der Waals surface area (Å²) in [6, 6.07) is 4.08. The summed E-state index contributed by atoms with van der Waals surface area (Å²) in [5, 5.41) is 11.8. The van der Waals surface area contributed by atoms with Gasteiger partial charge in [0.15, 0.2) is 11.6 Å². The van der Waals surface area contributed by atoms with E-state index in [1.165, 1.54) is 37.6 Å². The molecule has 2 rings (SSSR count). The first-order chi connectivity index (χ1) is 9.49. The van der Waals surface area contributed by atoms with Crippen molar-refractivity contribution in [3.05, 3.63) is 51.4 Å². The van der Waals surface area contributed by atoms with Crippen molar-refractivity contribution >= 4 is 11.7 Å². The largest absolute Gasteiger partial charge is 0.504 e. The van der Waals surface area contributed by atoms with E-state index in [1.807, 2.05) is 0 Å². The van der Waals surface area contributed by atoms with Crippen molar-refractivity contribution < 1.29 is 9.90 Å². The highest BCUT2D eigenvalue weighted by Crippen LogP contribution is 2.17. The molecule has 0 atom stereocenters. The maximum Gasteiger partial charge on any atom is 0.331 e. The number of nitrogens with zero attached hydrogens (tertiary/aromatic N) is 3. The van der Waals surface area contributed by atoms with Gasteiger partial charge in [0.05, 0.1) is 0 Å².